The maximum Gasteiger partial charge on any atom is 0.255 e. The Labute approximate surface area is 255 Å². The Kier molecular flexibility index (Phi) is 6.11. The first-order valence-electron chi connectivity index (χ1n) is 15.0. The third-order valence-electron chi connectivity index (χ3n) is 9.74. The molecule has 0 unspecified atom stereocenters. The van der Waals surface area contributed by atoms with Crippen molar-refractivity contribution >= 4 is 35.0 Å². The van der Waals surface area contributed by atoms with Crippen LogP contribution in [0.4, 0.5) is 11.4 Å². The van der Waals surface area contributed by atoms with E-state index in [0.29, 0.717) is 24.5 Å². The van der Waals surface area contributed by atoms with Gasteiger partial charge < -0.3 is 0 Å². The Hall–Kier alpha value is -4.92. The zero-order valence-corrected chi connectivity index (χ0v) is 23.9. The Morgan fingerprint density at radius 3 is 1.80 bits per heavy atom. The average molecular weight is 583 g/mol. The minimum Gasteiger partial charge on any atom is -0.281 e. The van der Waals surface area contributed by atoms with Crippen LogP contribution >= 0.6 is 0 Å². The molecule has 8 nitrogen and oxygen atoms in total. The van der Waals surface area contributed by atoms with Gasteiger partial charge in [-0.15, -0.1) is 0 Å². The Bertz CT molecular complexity index is 1770. The molecule has 4 saturated heterocycles. The summed E-state index contributed by atoms with van der Waals surface area (Å²) in [5, 5.41) is 0. The van der Waals surface area contributed by atoms with E-state index in [1.165, 1.54) is 9.80 Å². The highest BCUT2D eigenvalue weighted by Gasteiger charge is 2.78. The molecule has 0 saturated carbocycles. The number of amides is 4. The molecular formula is C36H30N4O4. The summed E-state index contributed by atoms with van der Waals surface area (Å²) < 4.78 is 0. The predicted octanol–water partition coefficient (Wildman–Crippen LogP) is 4.39. The zero-order chi connectivity index (χ0) is 30.0. The van der Waals surface area contributed by atoms with Crippen molar-refractivity contribution in [1.82, 2.24) is 9.80 Å². The lowest BCUT2D eigenvalue weighted by atomic mass is 9.78. The van der Waals surface area contributed by atoms with E-state index in [2.05, 4.69) is 9.80 Å². The summed E-state index contributed by atoms with van der Waals surface area (Å²) in [7, 11) is 0. The number of fused-ring (bicyclic) bond motifs is 5. The third-order valence-corrected chi connectivity index (χ3v) is 9.74. The van der Waals surface area contributed by atoms with E-state index in [9.17, 15) is 19.2 Å². The van der Waals surface area contributed by atoms with Crippen LogP contribution in [0.1, 0.15) is 23.6 Å². The molecule has 44 heavy (non-hydrogen) atoms. The van der Waals surface area contributed by atoms with Crippen LogP contribution in [-0.4, -0.2) is 51.7 Å². The lowest BCUT2D eigenvalue weighted by molar-refractivity contribution is -0.136. The van der Waals surface area contributed by atoms with Gasteiger partial charge in [-0.3, -0.25) is 29.0 Å². The summed E-state index contributed by atoms with van der Waals surface area (Å²) in [5.74, 6) is -3.41. The van der Waals surface area contributed by atoms with Crippen LogP contribution in [0.5, 0.6) is 0 Å². The highest BCUT2D eigenvalue weighted by Crippen LogP contribution is 2.60. The van der Waals surface area contributed by atoms with E-state index in [-0.39, 0.29) is 24.3 Å². The predicted molar refractivity (Wildman–Crippen MR) is 164 cm³/mol. The standard InChI is InChI=1S/C36H30N4O4/c41-29-21-36(35(44)38(29)26-17-9-3-10-18-26)31-30(33(42)39(34(31)43)27-19-11-4-12-20-27)32-37(22-24-13-5-1-6-14-24)23-28(40(32)36)25-15-7-2-8-16-25/h1-20,28,30-32H,21-23H2/t28-,30-,31-,32+,36+/m0/s1. The van der Waals surface area contributed by atoms with Crippen LogP contribution in [0.3, 0.4) is 0 Å². The fourth-order valence-electron chi connectivity index (χ4n) is 8.07. The Balaban J connectivity index is 1.33. The first-order valence-corrected chi connectivity index (χ1v) is 15.0. The van der Waals surface area contributed by atoms with Gasteiger partial charge in [0.05, 0.1) is 41.8 Å². The molecule has 0 bridgehead atoms. The summed E-state index contributed by atoms with van der Waals surface area (Å²) in [6, 6.07) is 37.3. The first kappa shape index (κ1) is 26.7. The topological polar surface area (TPSA) is 81.2 Å². The summed E-state index contributed by atoms with van der Waals surface area (Å²) in [5.41, 5.74) is 1.46. The minimum absolute atomic E-state index is 0.178. The number of para-hydroxylation sites is 2. The van der Waals surface area contributed by atoms with Gasteiger partial charge in [-0.1, -0.05) is 97.1 Å². The number of hydrogen-bond acceptors (Lipinski definition) is 6. The lowest BCUT2D eigenvalue weighted by Crippen LogP contribution is -2.58. The van der Waals surface area contributed by atoms with Gasteiger partial charge in [0.25, 0.3) is 5.91 Å². The van der Waals surface area contributed by atoms with Crippen molar-refractivity contribution in [3.63, 3.8) is 0 Å². The normalized spacial score (nSPS) is 28.4. The van der Waals surface area contributed by atoms with Crippen LogP contribution in [0, 0.1) is 11.8 Å². The van der Waals surface area contributed by atoms with Gasteiger partial charge in [-0.25, -0.2) is 9.80 Å². The smallest absolute Gasteiger partial charge is 0.255 e. The van der Waals surface area contributed by atoms with Crippen molar-refractivity contribution in [2.75, 3.05) is 16.3 Å². The van der Waals surface area contributed by atoms with Gasteiger partial charge in [0.15, 0.2) is 0 Å². The minimum atomic E-state index is -1.52. The fourth-order valence-corrected chi connectivity index (χ4v) is 8.07. The summed E-state index contributed by atoms with van der Waals surface area (Å²) in [6.45, 7) is 1.07. The number of carbonyl (C=O) groups is 4. The fraction of sp³-hybridized carbons (Fsp3) is 0.222. The monoisotopic (exact) mass is 582 g/mol. The van der Waals surface area contributed by atoms with Crippen molar-refractivity contribution in [2.45, 2.75) is 30.7 Å². The lowest BCUT2D eigenvalue weighted by Gasteiger charge is -2.39. The van der Waals surface area contributed by atoms with E-state index in [1.54, 1.807) is 48.5 Å². The molecule has 0 N–H and O–H groups in total. The number of anilines is 2. The maximum absolute atomic E-state index is 14.9. The van der Waals surface area contributed by atoms with Crippen LogP contribution in [0.25, 0.3) is 0 Å². The molecule has 0 aromatic heterocycles. The van der Waals surface area contributed by atoms with Crippen molar-refractivity contribution in [2.24, 2.45) is 11.8 Å². The second kappa shape index (κ2) is 10.1. The van der Waals surface area contributed by atoms with E-state index in [1.807, 2.05) is 72.8 Å². The molecule has 4 aliphatic rings. The quantitative estimate of drug-likeness (QED) is 0.325. The van der Waals surface area contributed by atoms with Crippen molar-refractivity contribution in [1.29, 1.82) is 0 Å². The molecule has 0 aliphatic carbocycles. The summed E-state index contributed by atoms with van der Waals surface area (Å²) >= 11 is 0. The number of benzene rings is 4. The van der Waals surface area contributed by atoms with Gasteiger partial charge in [0, 0.05) is 13.1 Å². The molecule has 4 amide bonds. The second-order valence-electron chi connectivity index (χ2n) is 12.0. The largest absolute Gasteiger partial charge is 0.281 e. The second-order valence-corrected chi connectivity index (χ2v) is 12.0. The number of imide groups is 2. The highest BCUT2D eigenvalue weighted by molar-refractivity contribution is 6.30. The zero-order valence-electron chi connectivity index (χ0n) is 23.9. The van der Waals surface area contributed by atoms with Crippen LogP contribution in [0.2, 0.25) is 0 Å². The molecule has 5 atom stereocenters. The van der Waals surface area contributed by atoms with Crippen LogP contribution < -0.4 is 9.80 Å². The third kappa shape index (κ3) is 3.71. The van der Waals surface area contributed by atoms with Crippen molar-refractivity contribution in [3.8, 4) is 0 Å². The SMILES string of the molecule is O=C1C[C@]2(C(=O)N1c1ccccc1)[C@@H]1C(=O)N(c3ccccc3)C(=O)[C@@H]1[C@@H]1N(Cc3ccccc3)C[C@@H](c3ccccc3)N12. The molecule has 4 aromatic rings. The van der Waals surface area contributed by atoms with Crippen LogP contribution in [0.15, 0.2) is 121 Å². The van der Waals surface area contributed by atoms with Crippen molar-refractivity contribution < 1.29 is 19.2 Å². The Morgan fingerprint density at radius 2 is 1.18 bits per heavy atom. The molecule has 4 aliphatic heterocycles. The van der Waals surface area contributed by atoms with Crippen LogP contribution in [-0.2, 0) is 25.7 Å². The summed E-state index contributed by atoms with van der Waals surface area (Å²) in [6.07, 6.45) is -0.745. The Morgan fingerprint density at radius 1 is 0.636 bits per heavy atom. The molecule has 218 valence electrons. The van der Waals surface area contributed by atoms with E-state index in [4.69, 9.17) is 0 Å². The summed E-state index contributed by atoms with van der Waals surface area (Å²) in [4.78, 5) is 64.7. The number of rotatable bonds is 5. The molecule has 1 spiro atoms. The molecule has 0 radical (unpaired) electrons. The van der Waals surface area contributed by atoms with E-state index >= 15 is 0 Å². The maximum atomic E-state index is 14.9. The molecule has 4 heterocycles. The van der Waals surface area contributed by atoms with Gasteiger partial charge in [-0.05, 0) is 35.4 Å². The first-order chi connectivity index (χ1) is 21.5. The van der Waals surface area contributed by atoms with Gasteiger partial charge in [0.1, 0.15) is 5.54 Å². The highest BCUT2D eigenvalue weighted by atomic mass is 16.2. The molecule has 4 aromatic carbocycles. The molecular weight excluding hydrogens is 552 g/mol. The number of carbonyl (C=O) groups excluding carboxylic acids is 4. The van der Waals surface area contributed by atoms with Gasteiger partial charge in [-0.2, -0.15) is 0 Å². The average Bonchev–Trinajstić information content (AvgIpc) is 3.73. The van der Waals surface area contributed by atoms with E-state index < -0.39 is 35.4 Å². The molecule has 8 rings (SSSR count). The van der Waals surface area contributed by atoms with Crippen molar-refractivity contribution in [3.05, 3.63) is 132 Å². The van der Waals surface area contributed by atoms with E-state index in [0.717, 1.165) is 11.1 Å². The number of hydrogen-bond donors (Lipinski definition) is 0. The molecule has 4 fully saturated rings. The number of nitrogens with zero attached hydrogens (tertiary/aromatic N) is 4. The molecule has 8 heteroatoms. The van der Waals surface area contributed by atoms with Gasteiger partial charge in [0.2, 0.25) is 17.7 Å². The van der Waals surface area contributed by atoms with Gasteiger partial charge >= 0.3 is 0 Å².